The summed E-state index contributed by atoms with van der Waals surface area (Å²) in [5, 5.41) is 4.35. The standard InChI is InChI=1S/C16H17BrN2O2/c1-10-16(17)13(19(2)18-10)9-14(20)11-7-8-21-15-6-4-3-5-12(11)15/h3-6,11H,7-9H2,1-2H3. The van der Waals surface area contributed by atoms with Gasteiger partial charge in [-0.1, -0.05) is 18.2 Å². The van der Waals surface area contributed by atoms with Gasteiger partial charge in [0.15, 0.2) is 0 Å². The fourth-order valence-corrected chi connectivity index (χ4v) is 3.31. The molecule has 0 radical (unpaired) electrons. The molecule has 0 fully saturated rings. The van der Waals surface area contributed by atoms with Gasteiger partial charge in [-0.25, -0.2) is 0 Å². The highest BCUT2D eigenvalue weighted by atomic mass is 79.9. The molecule has 1 aromatic heterocycles. The Bertz CT molecular complexity index is 694. The van der Waals surface area contributed by atoms with Crippen LogP contribution in [0.3, 0.4) is 0 Å². The first-order chi connectivity index (χ1) is 10.1. The van der Waals surface area contributed by atoms with Gasteiger partial charge in [-0.3, -0.25) is 9.48 Å². The first-order valence-electron chi connectivity index (χ1n) is 7.00. The van der Waals surface area contributed by atoms with Crippen LogP contribution in [0.25, 0.3) is 0 Å². The molecular formula is C16H17BrN2O2. The summed E-state index contributed by atoms with van der Waals surface area (Å²) in [6, 6.07) is 7.81. The number of Topliss-reactive ketones (excluding diaryl/α,β-unsaturated/α-hetero) is 1. The average molecular weight is 349 g/mol. The number of aryl methyl sites for hydroxylation is 2. The number of ketones is 1. The second-order valence-electron chi connectivity index (χ2n) is 5.34. The summed E-state index contributed by atoms with van der Waals surface area (Å²) >= 11 is 3.53. The van der Waals surface area contributed by atoms with E-state index in [0.717, 1.165) is 33.6 Å². The van der Waals surface area contributed by atoms with E-state index in [1.54, 1.807) is 4.68 Å². The molecule has 0 N–H and O–H groups in total. The first-order valence-corrected chi connectivity index (χ1v) is 7.79. The molecule has 1 aliphatic rings. The van der Waals surface area contributed by atoms with Crippen molar-refractivity contribution >= 4 is 21.7 Å². The number of halogens is 1. The summed E-state index contributed by atoms with van der Waals surface area (Å²) in [7, 11) is 1.87. The van der Waals surface area contributed by atoms with Gasteiger partial charge >= 0.3 is 0 Å². The number of carbonyl (C=O) groups is 1. The van der Waals surface area contributed by atoms with E-state index in [-0.39, 0.29) is 11.7 Å². The van der Waals surface area contributed by atoms with Crippen LogP contribution >= 0.6 is 15.9 Å². The van der Waals surface area contributed by atoms with Crippen molar-refractivity contribution in [3.63, 3.8) is 0 Å². The molecule has 5 heteroatoms. The van der Waals surface area contributed by atoms with Crippen LogP contribution in [-0.2, 0) is 18.3 Å². The lowest BCUT2D eigenvalue weighted by atomic mass is 9.87. The van der Waals surface area contributed by atoms with E-state index >= 15 is 0 Å². The fraction of sp³-hybridized carbons (Fsp3) is 0.375. The van der Waals surface area contributed by atoms with Crippen molar-refractivity contribution in [2.45, 2.75) is 25.7 Å². The molecule has 0 bridgehead atoms. The van der Waals surface area contributed by atoms with Crippen molar-refractivity contribution in [1.29, 1.82) is 0 Å². The molecular weight excluding hydrogens is 332 g/mol. The molecule has 110 valence electrons. The van der Waals surface area contributed by atoms with Crippen molar-refractivity contribution < 1.29 is 9.53 Å². The molecule has 21 heavy (non-hydrogen) atoms. The van der Waals surface area contributed by atoms with Gasteiger partial charge in [-0.2, -0.15) is 5.10 Å². The molecule has 0 saturated heterocycles. The number of aromatic nitrogens is 2. The third-order valence-corrected chi connectivity index (χ3v) is 4.98. The van der Waals surface area contributed by atoms with Gasteiger partial charge in [-0.05, 0) is 35.3 Å². The third kappa shape index (κ3) is 2.62. The normalized spacial score (nSPS) is 17.2. The quantitative estimate of drug-likeness (QED) is 0.855. The van der Waals surface area contributed by atoms with Crippen LogP contribution in [0.5, 0.6) is 5.75 Å². The number of ether oxygens (including phenoxy) is 1. The summed E-state index contributed by atoms with van der Waals surface area (Å²) in [5.74, 6) is 0.967. The zero-order valence-corrected chi connectivity index (χ0v) is 13.7. The molecule has 0 aliphatic carbocycles. The Hall–Kier alpha value is -1.62. The van der Waals surface area contributed by atoms with E-state index in [1.807, 2.05) is 38.2 Å². The molecule has 2 heterocycles. The average Bonchev–Trinajstić information content (AvgIpc) is 2.73. The van der Waals surface area contributed by atoms with Crippen molar-refractivity contribution in [2.24, 2.45) is 7.05 Å². The number of carbonyl (C=O) groups excluding carboxylic acids is 1. The van der Waals surface area contributed by atoms with Crippen molar-refractivity contribution in [3.8, 4) is 5.75 Å². The van der Waals surface area contributed by atoms with Crippen LogP contribution in [0.1, 0.15) is 29.3 Å². The second kappa shape index (κ2) is 5.64. The van der Waals surface area contributed by atoms with Crippen LogP contribution in [0, 0.1) is 6.92 Å². The van der Waals surface area contributed by atoms with E-state index in [1.165, 1.54) is 0 Å². The van der Waals surface area contributed by atoms with Crippen LogP contribution < -0.4 is 4.74 Å². The zero-order chi connectivity index (χ0) is 15.0. The Morgan fingerprint density at radius 1 is 1.48 bits per heavy atom. The van der Waals surface area contributed by atoms with Crippen LogP contribution in [0.4, 0.5) is 0 Å². The highest BCUT2D eigenvalue weighted by Gasteiger charge is 2.28. The van der Waals surface area contributed by atoms with Gasteiger partial charge in [0.1, 0.15) is 11.5 Å². The van der Waals surface area contributed by atoms with E-state index in [9.17, 15) is 4.79 Å². The number of rotatable bonds is 3. The molecule has 2 aromatic rings. The molecule has 1 aliphatic heterocycles. The summed E-state index contributed by atoms with van der Waals surface area (Å²) in [4.78, 5) is 12.7. The smallest absolute Gasteiger partial charge is 0.146 e. The highest BCUT2D eigenvalue weighted by Crippen LogP contribution is 2.35. The topological polar surface area (TPSA) is 44.1 Å². The zero-order valence-electron chi connectivity index (χ0n) is 12.1. The first kappa shape index (κ1) is 14.3. The van der Waals surface area contributed by atoms with Gasteiger partial charge in [0.05, 0.1) is 28.9 Å². The van der Waals surface area contributed by atoms with Crippen LogP contribution in [-0.4, -0.2) is 22.2 Å². The maximum Gasteiger partial charge on any atom is 0.146 e. The summed E-state index contributed by atoms with van der Waals surface area (Å²) in [5.41, 5.74) is 2.85. The lowest BCUT2D eigenvalue weighted by molar-refractivity contribution is -0.120. The minimum atomic E-state index is -0.0861. The lowest BCUT2D eigenvalue weighted by Crippen LogP contribution is -2.23. The Labute approximate surface area is 132 Å². The maximum absolute atomic E-state index is 12.7. The number of hydrogen-bond acceptors (Lipinski definition) is 3. The molecule has 1 atom stereocenters. The number of hydrogen-bond donors (Lipinski definition) is 0. The third-order valence-electron chi connectivity index (χ3n) is 3.95. The minimum absolute atomic E-state index is 0.0861. The van der Waals surface area contributed by atoms with E-state index in [0.29, 0.717) is 13.0 Å². The van der Waals surface area contributed by atoms with Crippen LogP contribution in [0.2, 0.25) is 0 Å². The van der Waals surface area contributed by atoms with Gasteiger partial charge in [0.25, 0.3) is 0 Å². The van der Waals surface area contributed by atoms with E-state index in [2.05, 4.69) is 21.0 Å². The predicted octanol–water partition coefficient (Wildman–Crippen LogP) is 3.17. The fourth-order valence-electron chi connectivity index (χ4n) is 2.84. The Balaban J connectivity index is 1.87. The number of benzene rings is 1. The highest BCUT2D eigenvalue weighted by molar-refractivity contribution is 9.10. The van der Waals surface area contributed by atoms with Crippen LogP contribution in [0.15, 0.2) is 28.7 Å². The largest absolute Gasteiger partial charge is 0.493 e. The molecule has 1 unspecified atom stereocenters. The molecule has 0 spiro atoms. The van der Waals surface area contributed by atoms with E-state index < -0.39 is 0 Å². The van der Waals surface area contributed by atoms with Gasteiger partial charge < -0.3 is 4.74 Å². The predicted molar refractivity (Wildman–Crippen MR) is 83.7 cm³/mol. The minimum Gasteiger partial charge on any atom is -0.493 e. The maximum atomic E-state index is 12.7. The summed E-state index contributed by atoms with van der Waals surface area (Å²) in [6.45, 7) is 2.53. The molecule has 4 nitrogen and oxygen atoms in total. The van der Waals surface area contributed by atoms with Gasteiger partial charge in [0.2, 0.25) is 0 Å². The number of para-hydroxylation sites is 1. The number of fused-ring (bicyclic) bond motifs is 1. The van der Waals surface area contributed by atoms with Crippen molar-refractivity contribution in [3.05, 3.63) is 45.7 Å². The van der Waals surface area contributed by atoms with Crippen molar-refractivity contribution in [1.82, 2.24) is 9.78 Å². The monoisotopic (exact) mass is 348 g/mol. The number of nitrogens with zero attached hydrogens (tertiary/aromatic N) is 2. The Kier molecular flexibility index (Phi) is 3.85. The molecule has 0 saturated carbocycles. The Morgan fingerprint density at radius 3 is 2.95 bits per heavy atom. The van der Waals surface area contributed by atoms with Gasteiger partial charge in [0, 0.05) is 18.5 Å². The van der Waals surface area contributed by atoms with Gasteiger partial charge in [-0.15, -0.1) is 0 Å². The Morgan fingerprint density at radius 2 is 2.24 bits per heavy atom. The molecule has 3 rings (SSSR count). The SMILES string of the molecule is Cc1nn(C)c(CC(=O)C2CCOc3ccccc32)c1Br. The summed E-state index contributed by atoms with van der Waals surface area (Å²) in [6.07, 6.45) is 1.13. The molecule has 1 aromatic carbocycles. The van der Waals surface area contributed by atoms with E-state index in [4.69, 9.17) is 4.74 Å². The van der Waals surface area contributed by atoms with Crippen molar-refractivity contribution in [2.75, 3.05) is 6.61 Å². The lowest BCUT2D eigenvalue weighted by Gasteiger charge is -2.24. The second-order valence-corrected chi connectivity index (χ2v) is 6.13. The molecule has 0 amide bonds. The summed E-state index contributed by atoms with van der Waals surface area (Å²) < 4.78 is 8.34.